The predicted molar refractivity (Wildman–Crippen MR) is 73.3 cm³/mol. The molecule has 1 fully saturated rings. The molecule has 5 heteroatoms. The van der Waals surface area contributed by atoms with E-state index in [-0.39, 0.29) is 0 Å². The Hall–Kier alpha value is -1.26. The fourth-order valence-corrected chi connectivity index (χ4v) is 2.48. The summed E-state index contributed by atoms with van der Waals surface area (Å²) in [7, 11) is 0. The van der Waals surface area contributed by atoms with Crippen LogP contribution in [-0.4, -0.2) is 31.2 Å². The van der Waals surface area contributed by atoms with Gasteiger partial charge in [0.05, 0.1) is 5.88 Å². The minimum atomic E-state index is 0.452. The number of hydrogen-bond acceptors (Lipinski definition) is 4. The lowest BCUT2D eigenvalue weighted by Gasteiger charge is -2.16. The summed E-state index contributed by atoms with van der Waals surface area (Å²) >= 11 is 5.92. The van der Waals surface area contributed by atoms with Crippen molar-refractivity contribution in [3.63, 3.8) is 0 Å². The van der Waals surface area contributed by atoms with E-state index in [0.717, 1.165) is 49.3 Å². The van der Waals surface area contributed by atoms with Gasteiger partial charge in [-0.1, -0.05) is 12.1 Å². The van der Waals surface area contributed by atoms with Crippen LogP contribution in [0.5, 0.6) is 0 Å². The summed E-state index contributed by atoms with van der Waals surface area (Å²) in [5.74, 6) is 0.452. The zero-order valence-electron chi connectivity index (χ0n) is 10.2. The van der Waals surface area contributed by atoms with Crippen LogP contribution in [0.1, 0.15) is 12.0 Å². The predicted octanol–water partition coefficient (Wildman–Crippen LogP) is 2.37. The maximum Gasteiger partial charge on any atom is 0.298 e. The number of anilines is 1. The quantitative estimate of drug-likeness (QED) is 0.847. The maximum absolute atomic E-state index is 5.92. The smallest absolute Gasteiger partial charge is 0.298 e. The number of benzene rings is 1. The average Bonchev–Trinajstić information content (AvgIpc) is 2.65. The highest BCUT2D eigenvalue weighted by Gasteiger charge is 2.16. The second-order valence-corrected chi connectivity index (χ2v) is 4.75. The van der Waals surface area contributed by atoms with Crippen LogP contribution in [0.3, 0.4) is 0 Å². The third-order valence-electron chi connectivity index (χ3n) is 3.24. The number of nitrogens with zero attached hydrogens (tertiary/aromatic N) is 2. The molecule has 96 valence electrons. The van der Waals surface area contributed by atoms with E-state index in [1.54, 1.807) is 0 Å². The first kappa shape index (κ1) is 11.8. The number of rotatable bonds is 2. The standard InChI is InChI=1S/C13H16ClN3O/c14-9-10-3-1-4-11-12(10)18-13(16-11)17-7-2-5-15-6-8-17/h1,3-4,15H,2,5-9H2. The number of hydrogen-bond donors (Lipinski definition) is 1. The maximum atomic E-state index is 5.92. The van der Waals surface area contributed by atoms with Gasteiger partial charge in [-0.25, -0.2) is 0 Å². The van der Waals surface area contributed by atoms with Crippen LogP contribution in [0.25, 0.3) is 11.1 Å². The molecular formula is C13H16ClN3O. The van der Waals surface area contributed by atoms with Gasteiger partial charge < -0.3 is 14.6 Å². The molecule has 1 aromatic carbocycles. The molecule has 2 heterocycles. The molecule has 0 unspecified atom stereocenters. The molecule has 1 aliphatic heterocycles. The first-order valence-electron chi connectivity index (χ1n) is 6.28. The molecule has 2 aromatic rings. The summed E-state index contributed by atoms with van der Waals surface area (Å²) in [5, 5.41) is 3.37. The number of fused-ring (bicyclic) bond motifs is 1. The van der Waals surface area contributed by atoms with Crippen LogP contribution in [0, 0.1) is 0 Å². The van der Waals surface area contributed by atoms with E-state index in [9.17, 15) is 0 Å². The van der Waals surface area contributed by atoms with Gasteiger partial charge in [-0.05, 0) is 19.0 Å². The van der Waals surface area contributed by atoms with E-state index >= 15 is 0 Å². The summed E-state index contributed by atoms with van der Waals surface area (Å²) in [4.78, 5) is 6.75. The number of para-hydroxylation sites is 1. The Morgan fingerprint density at radius 3 is 3.17 bits per heavy atom. The highest BCUT2D eigenvalue weighted by atomic mass is 35.5. The summed E-state index contributed by atoms with van der Waals surface area (Å²) in [5.41, 5.74) is 2.71. The van der Waals surface area contributed by atoms with Gasteiger partial charge in [-0.2, -0.15) is 4.98 Å². The third kappa shape index (κ3) is 2.18. The fourth-order valence-electron chi connectivity index (χ4n) is 2.27. The molecule has 1 saturated heterocycles. The summed E-state index contributed by atoms with van der Waals surface area (Å²) in [6.07, 6.45) is 1.11. The molecule has 1 N–H and O–H groups in total. The van der Waals surface area contributed by atoms with Gasteiger partial charge in [0.2, 0.25) is 0 Å². The van der Waals surface area contributed by atoms with Crippen molar-refractivity contribution in [2.45, 2.75) is 12.3 Å². The number of alkyl halides is 1. The number of halogens is 1. The number of nitrogens with one attached hydrogen (secondary N) is 1. The summed E-state index contributed by atoms with van der Waals surface area (Å²) in [6.45, 7) is 3.95. The number of aromatic nitrogens is 1. The number of oxazole rings is 1. The topological polar surface area (TPSA) is 41.3 Å². The van der Waals surface area contributed by atoms with Crippen LogP contribution in [-0.2, 0) is 5.88 Å². The molecule has 0 atom stereocenters. The monoisotopic (exact) mass is 265 g/mol. The lowest BCUT2D eigenvalue weighted by Crippen LogP contribution is -2.27. The second-order valence-electron chi connectivity index (χ2n) is 4.49. The second kappa shape index (κ2) is 5.16. The molecule has 1 aromatic heterocycles. The molecule has 0 radical (unpaired) electrons. The van der Waals surface area contributed by atoms with Crippen molar-refractivity contribution in [1.82, 2.24) is 10.3 Å². The summed E-state index contributed by atoms with van der Waals surface area (Å²) in [6, 6.07) is 6.63. The normalized spacial score (nSPS) is 17.1. The van der Waals surface area contributed by atoms with Gasteiger partial charge in [0.15, 0.2) is 5.58 Å². The Labute approximate surface area is 111 Å². The Bertz CT molecular complexity index is 532. The minimum Gasteiger partial charge on any atom is -0.423 e. The van der Waals surface area contributed by atoms with E-state index in [1.807, 2.05) is 18.2 Å². The molecule has 4 nitrogen and oxygen atoms in total. The van der Waals surface area contributed by atoms with Crippen molar-refractivity contribution in [1.29, 1.82) is 0 Å². The van der Waals surface area contributed by atoms with Gasteiger partial charge in [-0.15, -0.1) is 11.6 Å². The Morgan fingerprint density at radius 1 is 1.33 bits per heavy atom. The van der Waals surface area contributed by atoms with E-state index in [2.05, 4.69) is 15.2 Å². The van der Waals surface area contributed by atoms with E-state index in [4.69, 9.17) is 16.0 Å². The Kier molecular flexibility index (Phi) is 3.39. The lowest BCUT2D eigenvalue weighted by atomic mass is 10.2. The van der Waals surface area contributed by atoms with Crippen LogP contribution < -0.4 is 10.2 Å². The third-order valence-corrected chi connectivity index (χ3v) is 3.53. The molecule has 18 heavy (non-hydrogen) atoms. The van der Waals surface area contributed by atoms with Crippen LogP contribution in [0.4, 0.5) is 6.01 Å². The highest BCUT2D eigenvalue weighted by Crippen LogP contribution is 2.26. The van der Waals surface area contributed by atoms with Crippen molar-refractivity contribution in [2.24, 2.45) is 0 Å². The molecule has 0 spiro atoms. The molecule has 0 saturated carbocycles. The van der Waals surface area contributed by atoms with Gasteiger partial charge in [-0.3, -0.25) is 0 Å². The summed E-state index contributed by atoms with van der Waals surface area (Å²) < 4.78 is 5.89. The molecule has 3 rings (SSSR count). The fraction of sp³-hybridized carbons (Fsp3) is 0.462. The van der Waals surface area contributed by atoms with Crippen LogP contribution >= 0.6 is 11.6 Å². The van der Waals surface area contributed by atoms with Crippen LogP contribution in [0.15, 0.2) is 22.6 Å². The zero-order valence-corrected chi connectivity index (χ0v) is 10.9. The van der Waals surface area contributed by atoms with Crippen molar-refractivity contribution < 1.29 is 4.42 Å². The van der Waals surface area contributed by atoms with Crippen molar-refractivity contribution >= 4 is 28.7 Å². The van der Waals surface area contributed by atoms with Gasteiger partial charge >= 0.3 is 0 Å². The minimum absolute atomic E-state index is 0.452. The highest BCUT2D eigenvalue weighted by molar-refractivity contribution is 6.17. The SMILES string of the molecule is ClCc1cccc2nc(N3CCCNCC3)oc12. The van der Waals surface area contributed by atoms with Crippen molar-refractivity contribution in [2.75, 3.05) is 31.1 Å². The van der Waals surface area contributed by atoms with Crippen LogP contribution in [0.2, 0.25) is 0 Å². The Morgan fingerprint density at radius 2 is 2.28 bits per heavy atom. The Balaban J connectivity index is 1.96. The zero-order chi connectivity index (χ0) is 12.4. The van der Waals surface area contributed by atoms with Gasteiger partial charge in [0, 0.05) is 25.2 Å². The molecule has 0 amide bonds. The molecule has 1 aliphatic rings. The van der Waals surface area contributed by atoms with Gasteiger partial charge in [0.25, 0.3) is 6.01 Å². The average molecular weight is 266 g/mol. The van der Waals surface area contributed by atoms with E-state index in [0.29, 0.717) is 11.9 Å². The first-order valence-corrected chi connectivity index (χ1v) is 6.82. The first-order chi connectivity index (χ1) is 8.88. The van der Waals surface area contributed by atoms with E-state index in [1.165, 1.54) is 0 Å². The molecular weight excluding hydrogens is 250 g/mol. The largest absolute Gasteiger partial charge is 0.423 e. The lowest BCUT2D eigenvalue weighted by molar-refractivity contribution is 0.569. The van der Waals surface area contributed by atoms with Crippen molar-refractivity contribution in [3.8, 4) is 0 Å². The van der Waals surface area contributed by atoms with E-state index < -0.39 is 0 Å². The molecule has 0 aliphatic carbocycles. The van der Waals surface area contributed by atoms with Gasteiger partial charge in [0.1, 0.15) is 5.52 Å². The molecule has 0 bridgehead atoms. The van der Waals surface area contributed by atoms with Crippen molar-refractivity contribution in [3.05, 3.63) is 23.8 Å².